The van der Waals surface area contributed by atoms with Crippen molar-refractivity contribution in [3.8, 4) is 0 Å². The highest BCUT2D eigenvalue weighted by atomic mass is 19.4. The minimum atomic E-state index is -4.33. The molecule has 2 aliphatic carbocycles. The van der Waals surface area contributed by atoms with Crippen LogP contribution in [0.2, 0.25) is 0 Å². The van der Waals surface area contributed by atoms with Crippen LogP contribution in [0.4, 0.5) is 13.2 Å². The summed E-state index contributed by atoms with van der Waals surface area (Å²) in [5.41, 5.74) is 0.0287. The molecule has 0 heterocycles. The summed E-state index contributed by atoms with van der Waals surface area (Å²) in [4.78, 5) is 12.2. The average molecular weight is 325 g/mol. The third-order valence-corrected chi connectivity index (χ3v) is 5.45. The molecule has 0 saturated heterocycles. The molecule has 2 bridgehead atoms. The Kier molecular flexibility index (Phi) is 4.39. The van der Waals surface area contributed by atoms with Gasteiger partial charge in [-0.25, -0.2) is 0 Å². The monoisotopic (exact) mass is 325 g/mol. The van der Waals surface area contributed by atoms with Gasteiger partial charge in [-0.05, 0) is 61.6 Å². The van der Waals surface area contributed by atoms with Gasteiger partial charge in [0.05, 0.1) is 11.6 Å². The number of nitrogens with one attached hydrogen (secondary N) is 1. The molecular formula is C18H22F3NO. The van der Waals surface area contributed by atoms with Crippen molar-refractivity contribution < 1.29 is 18.0 Å². The van der Waals surface area contributed by atoms with Crippen molar-refractivity contribution in [2.45, 2.75) is 51.2 Å². The van der Waals surface area contributed by atoms with E-state index in [1.54, 1.807) is 6.92 Å². The topological polar surface area (TPSA) is 29.1 Å². The molecule has 23 heavy (non-hydrogen) atoms. The van der Waals surface area contributed by atoms with Gasteiger partial charge in [-0.2, -0.15) is 13.2 Å². The van der Waals surface area contributed by atoms with E-state index < -0.39 is 11.7 Å². The second-order valence-corrected chi connectivity index (χ2v) is 7.05. The van der Waals surface area contributed by atoms with E-state index in [0.29, 0.717) is 23.8 Å². The molecule has 1 amide bonds. The summed E-state index contributed by atoms with van der Waals surface area (Å²) in [5.74, 6) is 2.01. The van der Waals surface area contributed by atoms with Crippen LogP contribution in [0.5, 0.6) is 0 Å². The Hall–Kier alpha value is -1.52. The molecule has 1 N–H and O–H groups in total. The van der Waals surface area contributed by atoms with Crippen molar-refractivity contribution in [2.75, 3.05) is 0 Å². The van der Waals surface area contributed by atoms with Crippen LogP contribution in [0, 0.1) is 17.8 Å². The summed E-state index contributed by atoms with van der Waals surface area (Å²) < 4.78 is 37.7. The molecule has 2 fully saturated rings. The molecule has 2 saturated carbocycles. The summed E-state index contributed by atoms with van der Waals surface area (Å²) in [5, 5.41) is 2.92. The zero-order chi connectivity index (χ0) is 16.6. The Bertz CT molecular complexity index is 567. The number of hydrogen-bond acceptors (Lipinski definition) is 1. The highest BCUT2D eigenvalue weighted by molar-refractivity contribution is 5.76. The fourth-order valence-corrected chi connectivity index (χ4v) is 4.21. The molecule has 3 rings (SSSR count). The van der Waals surface area contributed by atoms with Gasteiger partial charge in [-0.15, -0.1) is 0 Å². The van der Waals surface area contributed by atoms with E-state index >= 15 is 0 Å². The Morgan fingerprint density at radius 1 is 1.22 bits per heavy atom. The van der Waals surface area contributed by atoms with Crippen LogP contribution >= 0.6 is 0 Å². The van der Waals surface area contributed by atoms with Crippen LogP contribution in [-0.4, -0.2) is 5.91 Å². The van der Waals surface area contributed by atoms with Gasteiger partial charge in [0.25, 0.3) is 0 Å². The number of benzene rings is 1. The van der Waals surface area contributed by atoms with Gasteiger partial charge in [-0.1, -0.05) is 18.6 Å². The van der Waals surface area contributed by atoms with E-state index in [0.717, 1.165) is 24.5 Å². The molecule has 0 spiro atoms. The third-order valence-electron chi connectivity index (χ3n) is 5.45. The number of amides is 1. The number of carbonyl (C=O) groups excluding carboxylic acids is 1. The number of fused-ring (bicyclic) bond motifs is 2. The standard InChI is InChI=1S/C18H22F3NO/c1-11(13-4-6-16(7-5-13)18(19,20)21)22-17(23)10-15-9-12-2-3-14(15)8-12/h4-7,11-12,14-15H,2-3,8-10H2,1H3,(H,22,23)/t11-,12+,14+,15-/m1/s1. The first-order valence-electron chi connectivity index (χ1n) is 8.29. The van der Waals surface area contributed by atoms with E-state index in [9.17, 15) is 18.0 Å². The van der Waals surface area contributed by atoms with Crippen LogP contribution in [0.1, 0.15) is 56.2 Å². The molecule has 2 nitrogen and oxygen atoms in total. The molecule has 5 heteroatoms. The molecule has 126 valence electrons. The smallest absolute Gasteiger partial charge is 0.350 e. The highest BCUT2D eigenvalue weighted by Gasteiger charge is 2.40. The Morgan fingerprint density at radius 2 is 1.91 bits per heavy atom. The largest absolute Gasteiger partial charge is 0.416 e. The highest BCUT2D eigenvalue weighted by Crippen LogP contribution is 2.49. The zero-order valence-electron chi connectivity index (χ0n) is 13.2. The minimum Gasteiger partial charge on any atom is -0.350 e. The average Bonchev–Trinajstić information content (AvgIpc) is 3.09. The molecule has 0 aromatic heterocycles. The van der Waals surface area contributed by atoms with E-state index in [-0.39, 0.29) is 11.9 Å². The van der Waals surface area contributed by atoms with E-state index in [4.69, 9.17) is 0 Å². The summed E-state index contributed by atoms with van der Waals surface area (Å²) in [7, 11) is 0. The van der Waals surface area contributed by atoms with Gasteiger partial charge in [0.2, 0.25) is 5.91 Å². The van der Waals surface area contributed by atoms with Crippen molar-refractivity contribution in [3.63, 3.8) is 0 Å². The van der Waals surface area contributed by atoms with Crippen LogP contribution in [0.25, 0.3) is 0 Å². The molecule has 2 aliphatic rings. The molecule has 1 aromatic carbocycles. The van der Waals surface area contributed by atoms with Gasteiger partial charge < -0.3 is 5.32 Å². The fourth-order valence-electron chi connectivity index (χ4n) is 4.21. The number of hydrogen-bond donors (Lipinski definition) is 1. The lowest BCUT2D eigenvalue weighted by molar-refractivity contribution is -0.137. The van der Waals surface area contributed by atoms with Gasteiger partial charge in [0, 0.05) is 6.42 Å². The summed E-state index contributed by atoms with van der Waals surface area (Å²) in [6, 6.07) is 4.72. The molecule has 0 radical (unpaired) electrons. The van der Waals surface area contributed by atoms with E-state index in [1.807, 2.05) is 0 Å². The Balaban J connectivity index is 1.54. The lowest BCUT2D eigenvalue weighted by Gasteiger charge is -2.22. The maximum atomic E-state index is 12.6. The first-order valence-corrected chi connectivity index (χ1v) is 8.29. The Morgan fingerprint density at radius 3 is 2.43 bits per heavy atom. The normalized spacial score (nSPS) is 27.9. The number of alkyl halides is 3. The second-order valence-electron chi connectivity index (χ2n) is 7.05. The van der Waals surface area contributed by atoms with Gasteiger partial charge in [0.15, 0.2) is 0 Å². The van der Waals surface area contributed by atoms with Crippen molar-refractivity contribution in [2.24, 2.45) is 17.8 Å². The van der Waals surface area contributed by atoms with Crippen molar-refractivity contribution >= 4 is 5.91 Å². The first kappa shape index (κ1) is 16.3. The molecule has 0 aliphatic heterocycles. The van der Waals surface area contributed by atoms with Crippen LogP contribution in [-0.2, 0) is 11.0 Å². The molecule has 1 aromatic rings. The first-order chi connectivity index (χ1) is 10.8. The van der Waals surface area contributed by atoms with Crippen molar-refractivity contribution in [1.29, 1.82) is 0 Å². The van der Waals surface area contributed by atoms with Gasteiger partial charge >= 0.3 is 6.18 Å². The maximum Gasteiger partial charge on any atom is 0.416 e. The molecule has 4 atom stereocenters. The van der Waals surface area contributed by atoms with Crippen molar-refractivity contribution in [3.05, 3.63) is 35.4 Å². The van der Waals surface area contributed by atoms with Crippen LogP contribution in [0.3, 0.4) is 0 Å². The quantitative estimate of drug-likeness (QED) is 0.853. The minimum absolute atomic E-state index is 0.00921. The zero-order valence-corrected chi connectivity index (χ0v) is 13.2. The van der Waals surface area contributed by atoms with Crippen molar-refractivity contribution in [1.82, 2.24) is 5.32 Å². The van der Waals surface area contributed by atoms with E-state index in [1.165, 1.54) is 31.4 Å². The predicted molar refractivity (Wildman–Crippen MR) is 81.6 cm³/mol. The number of carbonyl (C=O) groups is 1. The number of halogens is 3. The maximum absolute atomic E-state index is 12.6. The third kappa shape index (κ3) is 3.70. The second kappa shape index (κ2) is 6.17. The summed E-state index contributed by atoms with van der Waals surface area (Å²) in [6.45, 7) is 1.81. The lowest BCUT2D eigenvalue weighted by Crippen LogP contribution is -2.29. The SMILES string of the molecule is C[C@@H](NC(=O)C[C@H]1C[C@H]2CC[C@H]1C2)c1ccc(C(F)(F)F)cc1. The Labute approximate surface area is 134 Å². The lowest BCUT2D eigenvalue weighted by atomic mass is 9.86. The van der Waals surface area contributed by atoms with Crippen LogP contribution < -0.4 is 5.32 Å². The number of rotatable bonds is 4. The fraction of sp³-hybridized carbons (Fsp3) is 0.611. The summed E-state index contributed by atoms with van der Waals surface area (Å²) in [6.07, 6.45) is 1.21. The van der Waals surface area contributed by atoms with Gasteiger partial charge in [0.1, 0.15) is 0 Å². The van der Waals surface area contributed by atoms with Gasteiger partial charge in [-0.3, -0.25) is 4.79 Å². The molecule has 0 unspecified atom stereocenters. The van der Waals surface area contributed by atoms with Crippen LogP contribution in [0.15, 0.2) is 24.3 Å². The van der Waals surface area contributed by atoms with E-state index in [2.05, 4.69) is 5.32 Å². The predicted octanol–water partition coefficient (Wildman–Crippen LogP) is 4.71. The molecular weight excluding hydrogens is 303 g/mol. The summed E-state index contributed by atoms with van der Waals surface area (Å²) >= 11 is 0.